The molecular formula is C32H38O9. The van der Waals surface area contributed by atoms with Gasteiger partial charge in [-0.15, -0.1) is 0 Å². The van der Waals surface area contributed by atoms with Gasteiger partial charge in [-0.25, -0.2) is 9.59 Å². The van der Waals surface area contributed by atoms with Gasteiger partial charge in [0.15, 0.2) is 6.10 Å². The molecule has 9 heteroatoms. The first kappa shape index (κ1) is 32.8. The Hall–Kier alpha value is -4.40. The third-order valence-electron chi connectivity index (χ3n) is 5.67. The highest BCUT2D eigenvalue weighted by atomic mass is 16.6. The maximum Gasteiger partial charge on any atom is 0.330 e. The van der Waals surface area contributed by atoms with Crippen molar-refractivity contribution in [2.45, 2.75) is 51.6 Å². The van der Waals surface area contributed by atoms with Crippen molar-refractivity contribution >= 4 is 23.7 Å². The van der Waals surface area contributed by atoms with E-state index in [9.17, 15) is 19.2 Å². The van der Waals surface area contributed by atoms with Crippen LogP contribution < -0.4 is 9.47 Å². The molecule has 0 saturated carbocycles. The smallest absolute Gasteiger partial charge is 0.330 e. The van der Waals surface area contributed by atoms with Gasteiger partial charge in [0.1, 0.15) is 11.5 Å². The third kappa shape index (κ3) is 12.5. The van der Waals surface area contributed by atoms with Gasteiger partial charge in [-0.1, -0.05) is 63.3 Å². The van der Waals surface area contributed by atoms with E-state index in [1.165, 1.54) is 0 Å². The fourth-order valence-corrected chi connectivity index (χ4v) is 3.61. The zero-order valence-corrected chi connectivity index (χ0v) is 23.5. The van der Waals surface area contributed by atoms with Crippen molar-refractivity contribution in [1.82, 2.24) is 0 Å². The molecule has 0 heterocycles. The highest BCUT2D eigenvalue weighted by molar-refractivity contribution is 6.01. The van der Waals surface area contributed by atoms with Crippen molar-refractivity contribution in [3.05, 3.63) is 85.0 Å². The number of Topliss-reactive ketones (excluding diaryl/α,β-unsaturated/α-hetero) is 1. The number of carbonyl (C=O) groups excluding carboxylic acids is 4. The number of ether oxygens (including phenoxy) is 5. The lowest BCUT2D eigenvalue weighted by molar-refractivity contribution is -0.147. The van der Waals surface area contributed by atoms with E-state index in [2.05, 4.69) is 13.2 Å². The molecule has 0 spiro atoms. The topological polar surface area (TPSA) is 114 Å². The molecular weight excluding hydrogens is 528 g/mol. The van der Waals surface area contributed by atoms with Crippen LogP contribution in [-0.2, 0) is 28.6 Å². The Kier molecular flexibility index (Phi) is 15.1. The summed E-state index contributed by atoms with van der Waals surface area (Å²) in [4.78, 5) is 48.8. The second-order valence-electron chi connectivity index (χ2n) is 8.94. The molecule has 0 radical (unpaired) electrons. The highest BCUT2D eigenvalue weighted by Gasteiger charge is 2.27. The molecule has 0 saturated heterocycles. The molecule has 2 aromatic carbocycles. The van der Waals surface area contributed by atoms with Crippen molar-refractivity contribution in [1.29, 1.82) is 0 Å². The maximum absolute atomic E-state index is 13.5. The first-order valence-electron chi connectivity index (χ1n) is 13.7. The number of hydrogen-bond acceptors (Lipinski definition) is 9. The van der Waals surface area contributed by atoms with E-state index in [0.29, 0.717) is 41.9 Å². The van der Waals surface area contributed by atoms with E-state index in [-0.39, 0.29) is 38.6 Å². The quantitative estimate of drug-likeness (QED) is 0.0651. The number of esters is 3. The van der Waals surface area contributed by atoms with Crippen molar-refractivity contribution in [3.8, 4) is 11.5 Å². The Morgan fingerprint density at radius 2 is 1.32 bits per heavy atom. The summed E-state index contributed by atoms with van der Waals surface area (Å²) in [5.74, 6) is -1.16. The zero-order valence-electron chi connectivity index (χ0n) is 23.5. The second-order valence-corrected chi connectivity index (χ2v) is 8.94. The predicted molar refractivity (Wildman–Crippen MR) is 153 cm³/mol. The molecule has 0 fully saturated rings. The summed E-state index contributed by atoms with van der Waals surface area (Å²) in [5, 5.41) is 0. The molecule has 0 aromatic heterocycles. The fraction of sp³-hybridized carbons (Fsp3) is 0.375. The van der Waals surface area contributed by atoms with Crippen LogP contribution in [0.25, 0.3) is 0 Å². The van der Waals surface area contributed by atoms with Crippen LogP contribution in [-0.4, -0.2) is 50.1 Å². The van der Waals surface area contributed by atoms with Gasteiger partial charge in [0.05, 0.1) is 26.4 Å². The number of unbranched alkanes of at least 4 members (excludes halogenated alkanes) is 2. The Balaban J connectivity index is 2.28. The Bertz CT molecular complexity index is 1110. The summed E-state index contributed by atoms with van der Waals surface area (Å²) in [6.07, 6.45) is 4.43. The van der Waals surface area contributed by atoms with Gasteiger partial charge < -0.3 is 23.7 Å². The molecule has 0 aliphatic heterocycles. The maximum atomic E-state index is 13.5. The normalized spacial score (nSPS) is 11.0. The molecule has 41 heavy (non-hydrogen) atoms. The lowest BCUT2D eigenvalue weighted by Crippen LogP contribution is -2.20. The highest BCUT2D eigenvalue weighted by Crippen LogP contribution is 2.31. The number of hydrogen-bond donors (Lipinski definition) is 0. The molecule has 1 atom stereocenters. The molecule has 0 bridgehead atoms. The first-order chi connectivity index (χ1) is 19.9. The molecule has 0 aliphatic rings. The van der Waals surface area contributed by atoms with Crippen LogP contribution in [0.2, 0.25) is 0 Å². The van der Waals surface area contributed by atoms with E-state index < -0.39 is 24.0 Å². The fourth-order valence-electron chi connectivity index (χ4n) is 3.61. The van der Waals surface area contributed by atoms with Gasteiger partial charge in [0.2, 0.25) is 5.78 Å². The van der Waals surface area contributed by atoms with Crippen LogP contribution >= 0.6 is 0 Å². The Morgan fingerprint density at radius 1 is 0.756 bits per heavy atom. The van der Waals surface area contributed by atoms with Crippen molar-refractivity contribution in [2.24, 2.45) is 0 Å². The van der Waals surface area contributed by atoms with Crippen LogP contribution in [0.5, 0.6) is 11.5 Å². The van der Waals surface area contributed by atoms with Crippen molar-refractivity contribution in [2.75, 3.05) is 26.4 Å². The number of rotatable bonds is 20. The first-order valence-corrected chi connectivity index (χ1v) is 13.7. The molecule has 0 aliphatic carbocycles. The SMILES string of the molecule is C=CC(=O)OCCCOc1cc(OCCCOC(=O)C=C)cc(C(OC(=O)CCCCC)C(=O)c2ccccc2)c1. The largest absolute Gasteiger partial charge is 0.493 e. The average molecular weight is 567 g/mol. The predicted octanol–water partition coefficient (Wildman–Crippen LogP) is 5.73. The minimum atomic E-state index is -1.22. The lowest BCUT2D eigenvalue weighted by atomic mass is 9.99. The van der Waals surface area contributed by atoms with Gasteiger partial charge in [-0.05, 0) is 18.6 Å². The number of carbonyl (C=O) groups is 4. The molecule has 220 valence electrons. The van der Waals surface area contributed by atoms with Gasteiger partial charge in [-0.2, -0.15) is 0 Å². The summed E-state index contributed by atoms with van der Waals surface area (Å²) in [7, 11) is 0. The Labute approximate surface area is 241 Å². The molecule has 1 unspecified atom stereocenters. The summed E-state index contributed by atoms with van der Waals surface area (Å²) < 4.78 is 27.4. The van der Waals surface area contributed by atoms with Crippen molar-refractivity contribution in [3.63, 3.8) is 0 Å². The third-order valence-corrected chi connectivity index (χ3v) is 5.67. The van der Waals surface area contributed by atoms with Crippen LogP contribution in [0.4, 0.5) is 0 Å². The molecule has 0 amide bonds. The minimum absolute atomic E-state index is 0.141. The summed E-state index contributed by atoms with van der Waals surface area (Å²) >= 11 is 0. The van der Waals surface area contributed by atoms with Crippen LogP contribution in [0.3, 0.4) is 0 Å². The standard InChI is InChI=1S/C32H38O9/c1-4-7-9-16-30(35)41-32(31(36)24-14-10-8-11-15-24)25-21-26(37-17-12-19-39-28(33)5-2)23-27(22-25)38-18-13-20-40-29(34)6-3/h5-6,8,10-11,14-15,21-23,32H,2-4,7,9,12-13,16-20H2,1H3. The van der Waals surface area contributed by atoms with Gasteiger partial charge in [-0.3, -0.25) is 9.59 Å². The van der Waals surface area contributed by atoms with Crippen LogP contribution in [0.15, 0.2) is 73.8 Å². The van der Waals surface area contributed by atoms with E-state index in [4.69, 9.17) is 23.7 Å². The van der Waals surface area contributed by atoms with E-state index in [0.717, 1.165) is 25.0 Å². The molecule has 0 N–H and O–H groups in total. The summed E-state index contributed by atoms with van der Waals surface area (Å²) in [6, 6.07) is 13.5. The Morgan fingerprint density at radius 3 is 1.83 bits per heavy atom. The minimum Gasteiger partial charge on any atom is -0.493 e. The van der Waals surface area contributed by atoms with E-state index in [1.807, 2.05) is 6.92 Å². The molecule has 2 aromatic rings. The monoisotopic (exact) mass is 566 g/mol. The lowest BCUT2D eigenvalue weighted by Gasteiger charge is -2.20. The number of ketones is 1. The van der Waals surface area contributed by atoms with Gasteiger partial charge in [0, 0.05) is 48.6 Å². The van der Waals surface area contributed by atoms with Crippen LogP contribution in [0, 0.1) is 0 Å². The number of benzene rings is 2. The van der Waals surface area contributed by atoms with Crippen LogP contribution in [0.1, 0.15) is 67.5 Å². The molecule has 2 rings (SSSR count). The van der Waals surface area contributed by atoms with Gasteiger partial charge in [0.25, 0.3) is 0 Å². The van der Waals surface area contributed by atoms with E-state index >= 15 is 0 Å². The van der Waals surface area contributed by atoms with E-state index in [1.54, 1.807) is 48.5 Å². The summed E-state index contributed by atoms with van der Waals surface area (Å²) in [6.45, 7) is 9.44. The zero-order chi connectivity index (χ0) is 29.9. The van der Waals surface area contributed by atoms with Crippen molar-refractivity contribution < 1.29 is 42.9 Å². The second kappa shape index (κ2) is 18.8. The van der Waals surface area contributed by atoms with Gasteiger partial charge >= 0.3 is 17.9 Å². The molecule has 9 nitrogen and oxygen atoms in total. The summed E-state index contributed by atoms with van der Waals surface area (Å²) in [5.41, 5.74) is 0.770. The average Bonchev–Trinajstić information content (AvgIpc) is 2.99.